The second-order valence-electron chi connectivity index (χ2n) is 8.63. The van der Waals surface area contributed by atoms with Gasteiger partial charge in [0.25, 0.3) is 5.91 Å². The third-order valence-corrected chi connectivity index (χ3v) is 6.74. The molecule has 1 saturated carbocycles. The zero-order valence-corrected chi connectivity index (χ0v) is 16.0. The highest BCUT2D eigenvalue weighted by Crippen LogP contribution is 2.41. The minimum absolute atomic E-state index is 0.163. The molecule has 4 rings (SSSR count). The van der Waals surface area contributed by atoms with Crippen molar-refractivity contribution in [3.63, 3.8) is 0 Å². The van der Waals surface area contributed by atoms with Gasteiger partial charge in [-0.15, -0.1) is 0 Å². The Morgan fingerprint density at radius 1 is 1.11 bits per heavy atom. The van der Waals surface area contributed by atoms with Gasteiger partial charge in [0.15, 0.2) is 0 Å². The standard InChI is InChI=1S/C22H29FN2O2/c23-19-9-4-8-18(14-19)20(26)25-13-11-22(16-25)10-5-12-24(21(22)27)15-17-6-2-1-3-7-17/h4,8-9,14,17H,1-3,5-7,10-13,15-16H2/t22-/m0/s1. The number of amides is 2. The van der Waals surface area contributed by atoms with Gasteiger partial charge in [0, 0.05) is 31.7 Å². The van der Waals surface area contributed by atoms with Crippen LogP contribution in [0.2, 0.25) is 0 Å². The number of piperidine rings is 1. The Bertz CT molecular complexity index is 716. The van der Waals surface area contributed by atoms with E-state index in [1.54, 1.807) is 17.0 Å². The first kappa shape index (κ1) is 18.5. The van der Waals surface area contributed by atoms with Crippen molar-refractivity contribution in [3.8, 4) is 0 Å². The van der Waals surface area contributed by atoms with Gasteiger partial charge in [0.05, 0.1) is 5.41 Å². The molecule has 1 spiro atoms. The minimum Gasteiger partial charge on any atom is -0.342 e. The number of hydrogen-bond acceptors (Lipinski definition) is 2. The lowest BCUT2D eigenvalue weighted by Gasteiger charge is -2.41. The highest BCUT2D eigenvalue weighted by Gasteiger charge is 2.49. The van der Waals surface area contributed by atoms with Crippen LogP contribution in [0.25, 0.3) is 0 Å². The monoisotopic (exact) mass is 372 g/mol. The fourth-order valence-electron chi connectivity index (χ4n) is 5.24. The van der Waals surface area contributed by atoms with Crippen LogP contribution in [-0.4, -0.2) is 47.8 Å². The van der Waals surface area contributed by atoms with Crippen molar-refractivity contribution in [2.75, 3.05) is 26.2 Å². The van der Waals surface area contributed by atoms with Crippen molar-refractivity contribution in [2.24, 2.45) is 11.3 Å². The van der Waals surface area contributed by atoms with E-state index in [9.17, 15) is 14.0 Å². The van der Waals surface area contributed by atoms with Crippen LogP contribution in [0.5, 0.6) is 0 Å². The molecule has 0 bridgehead atoms. The van der Waals surface area contributed by atoms with Crippen molar-refractivity contribution >= 4 is 11.8 Å². The number of rotatable bonds is 3. The molecule has 1 atom stereocenters. The largest absolute Gasteiger partial charge is 0.342 e. The summed E-state index contributed by atoms with van der Waals surface area (Å²) in [6.07, 6.45) is 8.98. The van der Waals surface area contributed by atoms with Crippen LogP contribution in [0.1, 0.15) is 61.7 Å². The molecule has 1 aromatic rings. The van der Waals surface area contributed by atoms with Crippen molar-refractivity contribution in [2.45, 2.75) is 51.4 Å². The van der Waals surface area contributed by atoms with Gasteiger partial charge >= 0.3 is 0 Å². The van der Waals surface area contributed by atoms with Gasteiger partial charge in [-0.05, 0) is 56.2 Å². The molecule has 0 radical (unpaired) electrons. The lowest BCUT2D eigenvalue weighted by atomic mass is 9.77. The Hall–Kier alpha value is -1.91. The smallest absolute Gasteiger partial charge is 0.253 e. The van der Waals surface area contributed by atoms with E-state index in [0.29, 0.717) is 24.6 Å². The second kappa shape index (κ2) is 7.61. The van der Waals surface area contributed by atoms with Gasteiger partial charge in [-0.1, -0.05) is 25.3 Å². The number of halogens is 1. The van der Waals surface area contributed by atoms with Crippen molar-refractivity contribution in [3.05, 3.63) is 35.6 Å². The lowest BCUT2D eigenvalue weighted by molar-refractivity contribution is -0.146. The summed E-state index contributed by atoms with van der Waals surface area (Å²) in [6.45, 7) is 2.80. The number of benzene rings is 1. The Morgan fingerprint density at radius 2 is 1.93 bits per heavy atom. The number of hydrogen-bond donors (Lipinski definition) is 0. The van der Waals surface area contributed by atoms with Crippen LogP contribution in [-0.2, 0) is 4.79 Å². The molecule has 1 aliphatic carbocycles. The molecule has 2 saturated heterocycles. The molecule has 2 amide bonds. The summed E-state index contributed by atoms with van der Waals surface area (Å²) in [7, 11) is 0. The molecular formula is C22H29FN2O2. The number of carbonyl (C=O) groups is 2. The Labute approximate surface area is 160 Å². The summed E-state index contributed by atoms with van der Waals surface area (Å²) in [5, 5.41) is 0. The molecular weight excluding hydrogens is 343 g/mol. The van der Waals surface area contributed by atoms with E-state index < -0.39 is 11.2 Å². The predicted octanol–water partition coefficient (Wildman–Crippen LogP) is 3.86. The third-order valence-electron chi connectivity index (χ3n) is 6.74. The van der Waals surface area contributed by atoms with Crippen molar-refractivity contribution in [1.82, 2.24) is 9.80 Å². The van der Waals surface area contributed by atoms with Crippen LogP contribution in [0.4, 0.5) is 4.39 Å². The maximum atomic E-state index is 13.5. The molecule has 2 aliphatic heterocycles. The zero-order chi connectivity index (χ0) is 18.9. The number of carbonyl (C=O) groups excluding carboxylic acids is 2. The van der Waals surface area contributed by atoms with Gasteiger partial charge in [0.2, 0.25) is 5.91 Å². The third kappa shape index (κ3) is 3.74. The van der Waals surface area contributed by atoms with E-state index in [0.717, 1.165) is 32.4 Å². The summed E-state index contributed by atoms with van der Waals surface area (Å²) in [6, 6.07) is 5.84. The van der Waals surface area contributed by atoms with E-state index in [-0.39, 0.29) is 11.8 Å². The quantitative estimate of drug-likeness (QED) is 0.808. The van der Waals surface area contributed by atoms with Crippen LogP contribution in [0.3, 0.4) is 0 Å². The molecule has 4 nitrogen and oxygen atoms in total. The zero-order valence-electron chi connectivity index (χ0n) is 16.0. The summed E-state index contributed by atoms with van der Waals surface area (Å²) < 4.78 is 13.5. The van der Waals surface area contributed by atoms with Crippen LogP contribution in [0, 0.1) is 17.2 Å². The molecule has 0 aromatic heterocycles. The molecule has 3 fully saturated rings. The average Bonchev–Trinajstić information content (AvgIpc) is 3.11. The molecule has 0 unspecified atom stereocenters. The van der Waals surface area contributed by atoms with Crippen LogP contribution in [0.15, 0.2) is 24.3 Å². The first-order valence-electron chi connectivity index (χ1n) is 10.4. The first-order valence-corrected chi connectivity index (χ1v) is 10.4. The molecule has 3 aliphatic rings. The summed E-state index contributed by atoms with van der Waals surface area (Å²) >= 11 is 0. The van der Waals surface area contributed by atoms with Gasteiger partial charge in [0.1, 0.15) is 5.82 Å². The highest BCUT2D eigenvalue weighted by atomic mass is 19.1. The molecule has 5 heteroatoms. The molecule has 146 valence electrons. The fourth-order valence-corrected chi connectivity index (χ4v) is 5.24. The summed E-state index contributed by atoms with van der Waals surface area (Å²) in [5.74, 6) is 0.323. The first-order chi connectivity index (χ1) is 13.1. The average molecular weight is 372 g/mol. The number of likely N-dealkylation sites (tertiary alicyclic amines) is 2. The Morgan fingerprint density at radius 3 is 2.70 bits per heavy atom. The fraction of sp³-hybridized carbons (Fsp3) is 0.636. The van der Waals surface area contributed by atoms with Gasteiger partial charge in [-0.3, -0.25) is 9.59 Å². The van der Waals surface area contributed by atoms with Crippen LogP contribution < -0.4 is 0 Å². The SMILES string of the molecule is O=C(c1cccc(F)c1)N1CC[C@@]2(CCCN(CC3CCCCC3)C2=O)C1. The summed E-state index contributed by atoms with van der Waals surface area (Å²) in [4.78, 5) is 29.9. The van der Waals surface area contributed by atoms with Gasteiger partial charge < -0.3 is 9.80 Å². The normalized spacial score (nSPS) is 26.8. The van der Waals surface area contributed by atoms with Crippen LogP contribution >= 0.6 is 0 Å². The van der Waals surface area contributed by atoms with Gasteiger partial charge in [-0.2, -0.15) is 0 Å². The highest BCUT2D eigenvalue weighted by molar-refractivity contribution is 5.95. The van der Waals surface area contributed by atoms with E-state index in [4.69, 9.17) is 0 Å². The lowest BCUT2D eigenvalue weighted by Crippen LogP contribution is -2.51. The Kier molecular flexibility index (Phi) is 5.20. The summed E-state index contributed by atoms with van der Waals surface area (Å²) in [5.41, 5.74) is -0.0509. The molecule has 0 N–H and O–H groups in total. The maximum Gasteiger partial charge on any atom is 0.253 e. The van der Waals surface area contributed by atoms with E-state index in [2.05, 4.69) is 4.90 Å². The molecule has 27 heavy (non-hydrogen) atoms. The number of nitrogens with zero attached hydrogens (tertiary/aromatic N) is 2. The van der Waals surface area contributed by atoms with Crippen molar-refractivity contribution < 1.29 is 14.0 Å². The molecule has 1 aromatic carbocycles. The molecule has 2 heterocycles. The second-order valence-corrected chi connectivity index (χ2v) is 8.63. The van der Waals surface area contributed by atoms with Crippen molar-refractivity contribution in [1.29, 1.82) is 0 Å². The topological polar surface area (TPSA) is 40.6 Å². The Balaban J connectivity index is 1.43. The minimum atomic E-state index is -0.421. The maximum absolute atomic E-state index is 13.5. The predicted molar refractivity (Wildman–Crippen MR) is 102 cm³/mol. The van der Waals surface area contributed by atoms with E-state index in [1.165, 1.54) is 44.2 Å². The van der Waals surface area contributed by atoms with E-state index >= 15 is 0 Å². The van der Waals surface area contributed by atoms with E-state index in [1.807, 2.05) is 0 Å². The van der Waals surface area contributed by atoms with Gasteiger partial charge in [-0.25, -0.2) is 4.39 Å².